The van der Waals surface area contributed by atoms with E-state index in [-0.39, 0.29) is 10.8 Å². The number of nitrogens with zero attached hydrogens (tertiary/aromatic N) is 3. The number of nitrogens with two attached hydrogens (primary N) is 1. The maximum Gasteiger partial charge on any atom is 0.238 e. The number of carbonyl (C=O) groups is 1. The van der Waals surface area contributed by atoms with Crippen molar-refractivity contribution in [2.24, 2.45) is 11.1 Å². The van der Waals surface area contributed by atoms with E-state index in [1.165, 1.54) is 30.3 Å². The lowest BCUT2D eigenvalue weighted by atomic mass is 10.0. The molecule has 0 unspecified atom stereocenters. The Bertz CT molecular complexity index is 923. The Morgan fingerprint density at radius 1 is 1.42 bits per heavy atom. The zero-order valence-corrected chi connectivity index (χ0v) is 16.6. The van der Waals surface area contributed by atoms with Gasteiger partial charge in [-0.15, -0.1) is 0 Å². The van der Waals surface area contributed by atoms with Crippen LogP contribution in [0.5, 0.6) is 0 Å². The number of carbonyl (C=O) groups excluding carboxylic acids is 1. The fraction of sp³-hybridized carbons (Fsp3) is 0.529. The number of fused-ring (bicyclic) bond motifs is 1. The number of thioether (sulfide) groups is 1. The number of piperidine rings is 1. The summed E-state index contributed by atoms with van der Waals surface area (Å²) in [6.07, 6.45) is 2.23. The molecule has 1 saturated heterocycles. The predicted molar refractivity (Wildman–Crippen MR) is 102 cm³/mol. The second-order valence-electron chi connectivity index (χ2n) is 6.71. The summed E-state index contributed by atoms with van der Waals surface area (Å²) in [6, 6.07) is 4.68. The molecule has 0 spiro atoms. The molecule has 1 fully saturated rings. The third-order valence-corrected chi connectivity index (χ3v) is 6.54. The summed E-state index contributed by atoms with van der Waals surface area (Å²) in [4.78, 5) is 19.0. The number of primary sulfonamides is 1. The minimum absolute atomic E-state index is 0.0423. The molecule has 1 aromatic carbocycles. The van der Waals surface area contributed by atoms with Crippen molar-refractivity contribution in [2.75, 3.05) is 18.8 Å². The van der Waals surface area contributed by atoms with Gasteiger partial charge in [0.05, 0.1) is 21.7 Å². The minimum Gasteiger partial charge on any atom is -0.342 e. The first-order chi connectivity index (χ1) is 12.3. The number of benzene rings is 1. The van der Waals surface area contributed by atoms with Gasteiger partial charge in [0, 0.05) is 19.6 Å². The van der Waals surface area contributed by atoms with E-state index in [9.17, 15) is 13.2 Å². The number of imidazole rings is 1. The van der Waals surface area contributed by atoms with Gasteiger partial charge in [-0.25, -0.2) is 18.5 Å². The van der Waals surface area contributed by atoms with Crippen molar-refractivity contribution in [3.63, 3.8) is 0 Å². The number of aromatic nitrogens is 2. The van der Waals surface area contributed by atoms with E-state index in [4.69, 9.17) is 5.14 Å². The van der Waals surface area contributed by atoms with Crippen LogP contribution in [0.1, 0.15) is 26.7 Å². The third kappa shape index (κ3) is 4.05. The van der Waals surface area contributed by atoms with Gasteiger partial charge < -0.3 is 9.47 Å². The monoisotopic (exact) mass is 396 g/mol. The topological polar surface area (TPSA) is 98.3 Å². The van der Waals surface area contributed by atoms with Crippen LogP contribution in [0.25, 0.3) is 11.0 Å². The quantitative estimate of drug-likeness (QED) is 0.780. The normalized spacial score (nSPS) is 18.4. The van der Waals surface area contributed by atoms with Crippen molar-refractivity contribution in [2.45, 2.75) is 43.3 Å². The highest BCUT2D eigenvalue weighted by molar-refractivity contribution is 7.99. The lowest BCUT2D eigenvalue weighted by Crippen LogP contribution is -2.40. The fourth-order valence-corrected chi connectivity index (χ4v) is 4.83. The zero-order valence-electron chi connectivity index (χ0n) is 15.0. The number of hydrogen-bond acceptors (Lipinski definition) is 5. The summed E-state index contributed by atoms with van der Waals surface area (Å²) in [5.41, 5.74) is 1.40. The van der Waals surface area contributed by atoms with Gasteiger partial charge in [-0.1, -0.05) is 18.7 Å². The van der Waals surface area contributed by atoms with E-state index >= 15 is 0 Å². The molecule has 9 heteroatoms. The molecule has 1 amide bonds. The van der Waals surface area contributed by atoms with Crippen molar-refractivity contribution in [3.05, 3.63) is 18.2 Å². The van der Waals surface area contributed by atoms with Gasteiger partial charge in [0.1, 0.15) is 0 Å². The second-order valence-corrected chi connectivity index (χ2v) is 9.21. The lowest BCUT2D eigenvalue weighted by molar-refractivity contribution is -0.130. The molecule has 1 aliphatic heterocycles. The fourth-order valence-electron chi connectivity index (χ4n) is 3.31. The predicted octanol–water partition coefficient (Wildman–Crippen LogP) is 2.05. The highest BCUT2D eigenvalue weighted by atomic mass is 32.2. The molecular weight excluding hydrogens is 372 g/mol. The molecule has 142 valence electrons. The second kappa shape index (κ2) is 7.58. The standard InChI is InChI=1S/C17H24N4O3S2/c1-3-21-15-7-6-13(26(18,23)24)9-14(15)19-17(21)25-11-16(22)20-8-4-5-12(2)10-20/h6-7,9,12H,3-5,8,10-11H2,1-2H3,(H2,18,23,24)/t12-/m1/s1. The molecule has 2 N–H and O–H groups in total. The van der Waals surface area contributed by atoms with Gasteiger partial charge in [-0.3, -0.25) is 4.79 Å². The summed E-state index contributed by atoms with van der Waals surface area (Å²) >= 11 is 1.39. The smallest absolute Gasteiger partial charge is 0.238 e. The summed E-state index contributed by atoms with van der Waals surface area (Å²) < 4.78 is 25.1. The molecule has 2 heterocycles. The van der Waals surface area contributed by atoms with Crippen LogP contribution in [0.4, 0.5) is 0 Å². The molecule has 0 radical (unpaired) electrons. The summed E-state index contributed by atoms with van der Waals surface area (Å²) in [7, 11) is -3.77. The molecule has 0 bridgehead atoms. The Kier molecular flexibility index (Phi) is 5.59. The SMILES string of the molecule is CCn1c(SCC(=O)N2CCC[C@@H](C)C2)nc2cc(S(N)(=O)=O)ccc21. The highest BCUT2D eigenvalue weighted by Crippen LogP contribution is 2.26. The molecular formula is C17H24N4O3S2. The molecule has 0 saturated carbocycles. The van der Waals surface area contributed by atoms with Crippen LogP contribution in [0.15, 0.2) is 28.3 Å². The van der Waals surface area contributed by atoms with E-state index in [0.717, 1.165) is 25.0 Å². The molecule has 1 atom stereocenters. The van der Waals surface area contributed by atoms with Crippen molar-refractivity contribution in [1.82, 2.24) is 14.5 Å². The molecule has 1 aliphatic rings. The van der Waals surface area contributed by atoms with Crippen LogP contribution in [0, 0.1) is 5.92 Å². The first-order valence-corrected chi connectivity index (χ1v) is 11.3. The van der Waals surface area contributed by atoms with Crippen molar-refractivity contribution < 1.29 is 13.2 Å². The van der Waals surface area contributed by atoms with Crippen LogP contribution in [-0.4, -0.2) is 47.6 Å². The van der Waals surface area contributed by atoms with Gasteiger partial charge in [-0.05, 0) is 43.9 Å². The van der Waals surface area contributed by atoms with Crippen molar-refractivity contribution in [3.8, 4) is 0 Å². The molecule has 7 nitrogen and oxygen atoms in total. The Morgan fingerprint density at radius 2 is 2.19 bits per heavy atom. The molecule has 26 heavy (non-hydrogen) atoms. The van der Waals surface area contributed by atoms with Crippen LogP contribution in [-0.2, 0) is 21.4 Å². The van der Waals surface area contributed by atoms with Gasteiger partial charge in [0.15, 0.2) is 5.16 Å². The Hall–Kier alpha value is -1.58. The number of hydrogen-bond donors (Lipinski definition) is 1. The molecule has 1 aromatic heterocycles. The number of likely N-dealkylation sites (tertiary alicyclic amines) is 1. The maximum absolute atomic E-state index is 12.5. The summed E-state index contributed by atoms with van der Waals surface area (Å²) in [5.74, 6) is 1.01. The van der Waals surface area contributed by atoms with E-state index in [1.807, 2.05) is 16.4 Å². The lowest BCUT2D eigenvalue weighted by Gasteiger charge is -2.30. The first kappa shape index (κ1) is 19.2. The molecule has 2 aromatic rings. The third-order valence-electron chi connectivity index (χ3n) is 4.66. The maximum atomic E-state index is 12.5. The number of amides is 1. The highest BCUT2D eigenvalue weighted by Gasteiger charge is 2.22. The van der Waals surface area contributed by atoms with Gasteiger partial charge in [0.2, 0.25) is 15.9 Å². The minimum atomic E-state index is -3.77. The van der Waals surface area contributed by atoms with Crippen molar-refractivity contribution >= 4 is 38.7 Å². The van der Waals surface area contributed by atoms with E-state index in [1.54, 1.807) is 6.07 Å². The largest absolute Gasteiger partial charge is 0.342 e. The van der Waals surface area contributed by atoms with Gasteiger partial charge >= 0.3 is 0 Å². The molecule has 0 aliphatic carbocycles. The van der Waals surface area contributed by atoms with E-state index in [0.29, 0.717) is 28.9 Å². The van der Waals surface area contributed by atoms with Crippen LogP contribution in [0.3, 0.4) is 0 Å². The number of rotatable bonds is 5. The average molecular weight is 397 g/mol. The van der Waals surface area contributed by atoms with Gasteiger partial charge in [0.25, 0.3) is 0 Å². The van der Waals surface area contributed by atoms with Crippen LogP contribution < -0.4 is 5.14 Å². The van der Waals surface area contributed by atoms with Crippen molar-refractivity contribution in [1.29, 1.82) is 0 Å². The number of aryl methyl sites for hydroxylation is 1. The summed E-state index contributed by atoms with van der Waals surface area (Å²) in [5, 5.41) is 5.91. The zero-order chi connectivity index (χ0) is 18.9. The summed E-state index contributed by atoms with van der Waals surface area (Å²) in [6.45, 7) is 6.49. The Morgan fingerprint density at radius 3 is 2.85 bits per heavy atom. The van der Waals surface area contributed by atoms with E-state index < -0.39 is 10.0 Å². The first-order valence-electron chi connectivity index (χ1n) is 8.73. The Balaban J connectivity index is 1.80. The van der Waals surface area contributed by atoms with E-state index in [2.05, 4.69) is 11.9 Å². The average Bonchev–Trinajstić information content (AvgIpc) is 2.95. The molecule has 3 rings (SSSR count). The Labute approximate surface area is 158 Å². The van der Waals surface area contributed by atoms with Crippen LogP contribution in [0.2, 0.25) is 0 Å². The van der Waals surface area contributed by atoms with Gasteiger partial charge in [-0.2, -0.15) is 0 Å². The number of sulfonamides is 1. The van der Waals surface area contributed by atoms with Crippen LogP contribution >= 0.6 is 11.8 Å².